The van der Waals surface area contributed by atoms with Crippen molar-refractivity contribution in [2.24, 2.45) is 0 Å². The Kier molecular flexibility index (Phi) is 4.76. The van der Waals surface area contributed by atoms with Crippen LogP contribution in [-0.2, 0) is 4.74 Å². The second kappa shape index (κ2) is 6.98. The van der Waals surface area contributed by atoms with E-state index in [2.05, 4.69) is 20.8 Å². The lowest BCUT2D eigenvalue weighted by molar-refractivity contribution is 0.0599. The molecule has 0 aliphatic carbocycles. The Morgan fingerprint density at radius 3 is 2.56 bits per heavy atom. The number of H-pyrrole nitrogens is 1. The maximum Gasteiger partial charge on any atom is 0.339 e. The first-order chi connectivity index (χ1) is 12.0. The third kappa shape index (κ3) is 3.36. The highest BCUT2D eigenvalue weighted by Gasteiger charge is 2.22. The monoisotopic (exact) mass is 356 g/mol. The quantitative estimate of drug-likeness (QED) is 0.469. The fraction of sp³-hybridized carbons (Fsp3) is 0.222. The number of carbonyl (C=O) groups excluding carboxylic acids is 1. The normalized spacial score (nSPS) is 10.6. The van der Waals surface area contributed by atoms with Crippen LogP contribution in [-0.4, -0.2) is 23.0 Å². The van der Waals surface area contributed by atoms with E-state index in [4.69, 9.17) is 4.74 Å². The number of aryl methyl sites for hydroxylation is 2. The molecule has 25 heavy (non-hydrogen) atoms. The molecule has 7 heteroatoms. The molecule has 0 spiro atoms. The minimum Gasteiger partial charge on any atom is -0.465 e. The van der Waals surface area contributed by atoms with Crippen LogP contribution in [0.2, 0.25) is 0 Å². The first-order valence-electron chi connectivity index (χ1n) is 7.83. The fourth-order valence-electron chi connectivity index (χ4n) is 2.72. The maximum atomic E-state index is 12.0. The molecule has 0 aliphatic rings. The summed E-state index contributed by atoms with van der Waals surface area (Å²) < 4.78 is 4.87. The van der Waals surface area contributed by atoms with Crippen LogP contribution in [0.5, 0.6) is 0 Å². The number of thiazole rings is 1. The molecule has 2 aromatic heterocycles. The third-order valence-electron chi connectivity index (χ3n) is 3.95. The van der Waals surface area contributed by atoms with Crippen LogP contribution in [0.15, 0.2) is 30.3 Å². The Bertz CT molecular complexity index is 899. The number of nitrogens with zero attached hydrogens (tertiary/aromatic N) is 1. The van der Waals surface area contributed by atoms with Crippen molar-refractivity contribution in [1.82, 2.24) is 9.97 Å². The first-order valence-corrected chi connectivity index (χ1v) is 8.65. The van der Waals surface area contributed by atoms with Gasteiger partial charge in [0.1, 0.15) is 5.69 Å². The van der Waals surface area contributed by atoms with Gasteiger partial charge < -0.3 is 9.72 Å². The Hall–Kier alpha value is -2.80. The minimum absolute atomic E-state index is 0.338. The van der Waals surface area contributed by atoms with Gasteiger partial charge in [-0.1, -0.05) is 18.2 Å². The van der Waals surface area contributed by atoms with E-state index < -0.39 is 0 Å². The van der Waals surface area contributed by atoms with Crippen LogP contribution >= 0.6 is 11.3 Å². The number of anilines is 2. The van der Waals surface area contributed by atoms with E-state index in [1.165, 1.54) is 7.11 Å². The number of para-hydroxylation sites is 1. The summed E-state index contributed by atoms with van der Waals surface area (Å²) in [7, 11) is 1.39. The van der Waals surface area contributed by atoms with Crippen LogP contribution in [0.3, 0.4) is 0 Å². The molecule has 2 heterocycles. The van der Waals surface area contributed by atoms with E-state index >= 15 is 0 Å². The number of methoxy groups -OCH3 is 1. The zero-order chi connectivity index (χ0) is 18.0. The summed E-state index contributed by atoms with van der Waals surface area (Å²) in [5.41, 5.74) is 11.1. The van der Waals surface area contributed by atoms with Crippen LogP contribution in [0, 0.1) is 20.8 Å². The lowest BCUT2D eigenvalue weighted by atomic mass is 10.1. The molecule has 3 rings (SSSR count). The molecule has 0 aliphatic heterocycles. The van der Waals surface area contributed by atoms with Crippen molar-refractivity contribution >= 4 is 28.1 Å². The number of aromatic nitrogens is 2. The number of ether oxygens (including phenoxy) is 1. The predicted octanol–water partition coefficient (Wildman–Crippen LogP) is 4.29. The lowest BCUT2D eigenvalue weighted by Gasteiger charge is -2.05. The van der Waals surface area contributed by atoms with E-state index in [0.717, 1.165) is 38.3 Å². The highest BCUT2D eigenvalue weighted by Crippen LogP contribution is 2.34. The van der Waals surface area contributed by atoms with Crippen molar-refractivity contribution in [3.05, 3.63) is 52.0 Å². The molecule has 0 unspecified atom stereocenters. The van der Waals surface area contributed by atoms with E-state index in [1.807, 2.05) is 51.1 Å². The number of aromatic amines is 1. The van der Waals surface area contributed by atoms with Crippen molar-refractivity contribution in [2.75, 3.05) is 18.0 Å². The Morgan fingerprint density at radius 1 is 1.16 bits per heavy atom. The molecule has 130 valence electrons. The van der Waals surface area contributed by atoms with Crippen molar-refractivity contribution in [3.63, 3.8) is 0 Å². The molecular weight excluding hydrogens is 336 g/mol. The summed E-state index contributed by atoms with van der Waals surface area (Å²) in [4.78, 5) is 20.9. The summed E-state index contributed by atoms with van der Waals surface area (Å²) in [6, 6.07) is 9.82. The predicted molar refractivity (Wildman–Crippen MR) is 101 cm³/mol. The number of nitrogens with one attached hydrogen (secondary N) is 3. The molecule has 3 N–H and O–H groups in total. The van der Waals surface area contributed by atoms with Crippen molar-refractivity contribution in [1.29, 1.82) is 0 Å². The average Bonchev–Trinajstić information content (AvgIpc) is 3.12. The molecule has 6 nitrogen and oxygen atoms in total. The van der Waals surface area contributed by atoms with Crippen molar-refractivity contribution in [3.8, 4) is 11.4 Å². The molecule has 0 atom stereocenters. The highest BCUT2D eigenvalue weighted by molar-refractivity contribution is 7.16. The summed E-state index contributed by atoms with van der Waals surface area (Å²) in [5, 5.41) is 0.752. The lowest BCUT2D eigenvalue weighted by Crippen LogP contribution is -2.07. The maximum absolute atomic E-state index is 12.0. The number of hydrazine groups is 1. The Morgan fingerprint density at radius 2 is 1.88 bits per heavy atom. The number of rotatable bonds is 5. The molecular formula is C18H20N4O2S. The number of benzene rings is 1. The molecule has 0 radical (unpaired) electrons. The fourth-order valence-corrected chi connectivity index (χ4v) is 3.50. The second-order valence-corrected chi connectivity index (χ2v) is 6.86. The number of hydrogen-bond donors (Lipinski definition) is 3. The zero-order valence-corrected chi connectivity index (χ0v) is 15.4. The van der Waals surface area contributed by atoms with Gasteiger partial charge in [-0.25, -0.2) is 9.78 Å². The van der Waals surface area contributed by atoms with E-state index in [-0.39, 0.29) is 5.97 Å². The molecule has 3 aromatic rings. The smallest absolute Gasteiger partial charge is 0.339 e. The van der Waals surface area contributed by atoms with Crippen LogP contribution in [0.1, 0.15) is 26.5 Å². The van der Waals surface area contributed by atoms with Gasteiger partial charge in [0.2, 0.25) is 5.13 Å². The molecule has 0 amide bonds. The SMILES string of the molecule is COC(=O)c1c(C)[nH]c(-c2nc(NNc3ccccc3)sc2C)c1C. The number of hydrogen-bond acceptors (Lipinski definition) is 6. The topological polar surface area (TPSA) is 79.0 Å². The van der Waals surface area contributed by atoms with Gasteiger partial charge in [-0.15, -0.1) is 11.3 Å². The molecule has 1 aromatic carbocycles. The van der Waals surface area contributed by atoms with Gasteiger partial charge in [0.15, 0.2) is 0 Å². The minimum atomic E-state index is -0.338. The van der Waals surface area contributed by atoms with Gasteiger partial charge in [0, 0.05) is 10.6 Å². The summed E-state index contributed by atoms with van der Waals surface area (Å²) in [5.74, 6) is -0.338. The van der Waals surface area contributed by atoms with E-state index in [9.17, 15) is 4.79 Å². The van der Waals surface area contributed by atoms with Crippen LogP contribution < -0.4 is 10.9 Å². The molecule has 0 fully saturated rings. The van der Waals surface area contributed by atoms with Gasteiger partial charge in [0.25, 0.3) is 0 Å². The summed E-state index contributed by atoms with van der Waals surface area (Å²) in [6.07, 6.45) is 0. The van der Waals surface area contributed by atoms with E-state index in [0.29, 0.717) is 5.56 Å². The number of esters is 1. The van der Waals surface area contributed by atoms with Gasteiger partial charge in [-0.3, -0.25) is 10.9 Å². The molecule has 0 saturated heterocycles. The van der Waals surface area contributed by atoms with Crippen LogP contribution in [0.25, 0.3) is 11.4 Å². The van der Waals surface area contributed by atoms with Gasteiger partial charge in [-0.05, 0) is 38.5 Å². The van der Waals surface area contributed by atoms with Crippen LogP contribution in [0.4, 0.5) is 10.8 Å². The first kappa shape index (κ1) is 17.0. The summed E-state index contributed by atoms with van der Waals surface area (Å²) in [6.45, 7) is 5.77. The highest BCUT2D eigenvalue weighted by atomic mass is 32.1. The third-order valence-corrected chi connectivity index (χ3v) is 4.83. The summed E-state index contributed by atoms with van der Waals surface area (Å²) >= 11 is 1.55. The van der Waals surface area contributed by atoms with Gasteiger partial charge in [0.05, 0.1) is 24.1 Å². The zero-order valence-electron chi connectivity index (χ0n) is 14.6. The Labute approximate surface area is 150 Å². The van der Waals surface area contributed by atoms with Gasteiger partial charge >= 0.3 is 5.97 Å². The van der Waals surface area contributed by atoms with Gasteiger partial charge in [-0.2, -0.15) is 0 Å². The van der Waals surface area contributed by atoms with Crippen molar-refractivity contribution in [2.45, 2.75) is 20.8 Å². The average molecular weight is 356 g/mol. The van der Waals surface area contributed by atoms with E-state index in [1.54, 1.807) is 11.3 Å². The largest absolute Gasteiger partial charge is 0.465 e. The standard InChI is InChI=1S/C18H20N4O2S/c1-10-14(17(23)24-4)11(2)19-15(10)16-12(3)25-18(20-16)22-21-13-8-6-5-7-9-13/h5-9,19,21H,1-4H3,(H,20,22). The Balaban J connectivity index is 1.87. The van der Waals surface area contributed by atoms with Crippen molar-refractivity contribution < 1.29 is 9.53 Å². The molecule has 0 bridgehead atoms. The molecule has 0 saturated carbocycles. The number of carbonyl (C=O) groups is 1. The second-order valence-electron chi connectivity index (χ2n) is 5.66.